The zero-order chi connectivity index (χ0) is 25.8. The lowest BCUT2D eigenvalue weighted by molar-refractivity contribution is -0.946. The molecule has 1 unspecified atom stereocenters. The summed E-state index contributed by atoms with van der Waals surface area (Å²) in [5.74, 6) is -0.647. The summed E-state index contributed by atoms with van der Waals surface area (Å²) in [5, 5.41) is 0. The average Bonchev–Trinajstić information content (AvgIpc) is 2.90. The van der Waals surface area contributed by atoms with Crippen molar-refractivity contribution in [1.29, 1.82) is 0 Å². The summed E-state index contributed by atoms with van der Waals surface area (Å²) in [6.45, 7) is 6.40. The van der Waals surface area contributed by atoms with E-state index in [1.54, 1.807) is 0 Å². The van der Waals surface area contributed by atoms with Gasteiger partial charge in [-0.2, -0.15) is 0 Å². The van der Waals surface area contributed by atoms with E-state index >= 15 is 0 Å². The molecule has 3 aromatic rings. The molecule has 194 valence electrons. The predicted octanol–water partition coefficient (Wildman–Crippen LogP) is 6.10. The molecular weight excluding hydrogens is 474 g/mol. The first-order chi connectivity index (χ1) is 17.9. The van der Waals surface area contributed by atoms with E-state index in [0.717, 1.165) is 66.9 Å². The van der Waals surface area contributed by atoms with Crippen molar-refractivity contribution in [1.82, 2.24) is 0 Å². The van der Waals surface area contributed by atoms with E-state index in [-0.39, 0.29) is 12.6 Å². The maximum Gasteiger partial charge on any atom is 0.415 e. The quantitative estimate of drug-likeness (QED) is 0.346. The Labute approximate surface area is 216 Å². The van der Waals surface area contributed by atoms with Gasteiger partial charge in [-0.3, -0.25) is 4.90 Å². The molecule has 6 rings (SSSR count). The van der Waals surface area contributed by atoms with Crippen LogP contribution < -0.4 is 9.64 Å². The summed E-state index contributed by atoms with van der Waals surface area (Å²) in [7, 11) is 0. The number of para-hydroxylation sites is 1. The van der Waals surface area contributed by atoms with Gasteiger partial charge in [0, 0.05) is 24.4 Å². The highest BCUT2D eigenvalue weighted by Gasteiger charge is 2.48. The van der Waals surface area contributed by atoms with Crippen molar-refractivity contribution in [3.8, 4) is 5.75 Å². The van der Waals surface area contributed by atoms with Gasteiger partial charge in [0.2, 0.25) is 0 Å². The molecule has 3 aliphatic heterocycles. The smallest absolute Gasteiger partial charge is 0.415 e. The largest absolute Gasteiger partial charge is 0.488 e. The molecule has 3 fully saturated rings. The van der Waals surface area contributed by atoms with Gasteiger partial charge in [0.25, 0.3) is 0 Å². The SMILES string of the molecule is Cc1cccc(N(Cc2ccc(F)c(F)c2)C(=O)OC2C[N+]3(CCOc4ccccc4)CCC2CC3)c1. The minimum Gasteiger partial charge on any atom is -0.488 e. The fourth-order valence-corrected chi connectivity index (χ4v) is 5.61. The van der Waals surface area contributed by atoms with Crippen LogP contribution in [0.5, 0.6) is 5.75 Å². The number of halogens is 2. The Morgan fingerprint density at radius 1 is 0.973 bits per heavy atom. The van der Waals surface area contributed by atoms with Crippen LogP contribution in [0.15, 0.2) is 72.8 Å². The maximum absolute atomic E-state index is 13.9. The topological polar surface area (TPSA) is 38.8 Å². The maximum atomic E-state index is 13.9. The Bertz CT molecular complexity index is 1230. The molecule has 0 aromatic heterocycles. The Balaban J connectivity index is 1.28. The Hall–Kier alpha value is -3.45. The fourth-order valence-electron chi connectivity index (χ4n) is 5.61. The van der Waals surface area contributed by atoms with E-state index in [2.05, 4.69) is 0 Å². The number of nitrogens with zero attached hydrogens (tertiary/aromatic N) is 2. The third kappa shape index (κ3) is 5.93. The van der Waals surface area contributed by atoms with Crippen molar-refractivity contribution in [3.63, 3.8) is 0 Å². The first kappa shape index (κ1) is 25.2. The molecule has 0 radical (unpaired) electrons. The lowest BCUT2D eigenvalue weighted by Crippen LogP contribution is -2.65. The summed E-state index contributed by atoms with van der Waals surface area (Å²) >= 11 is 0. The second-order valence-electron chi connectivity index (χ2n) is 10.3. The third-order valence-corrected chi connectivity index (χ3v) is 7.73. The van der Waals surface area contributed by atoms with Crippen LogP contribution in [0, 0.1) is 24.5 Å². The van der Waals surface area contributed by atoms with Gasteiger partial charge in [0.15, 0.2) is 17.7 Å². The second-order valence-corrected chi connectivity index (χ2v) is 10.3. The van der Waals surface area contributed by atoms with Gasteiger partial charge in [-0.1, -0.05) is 36.4 Å². The number of anilines is 1. The molecule has 0 spiro atoms. The highest BCUT2D eigenvalue weighted by Crippen LogP contribution is 2.36. The predicted molar refractivity (Wildman–Crippen MR) is 138 cm³/mol. The van der Waals surface area contributed by atoms with E-state index in [1.807, 2.05) is 61.5 Å². The molecule has 0 aliphatic carbocycles. The molecule has 1 amide bonds. The minimum atomic E-state index is -0.934. The number of benzene rings is 3. The molecular formula is C30H33F2N2O3+. The van der Waals surface area contributed by atoms with E-state index in [1.165, 1.54) is 11.0 Å². The molecule has 3 aromatic carbocycles. The number of piperidine rings is 3. The number of aryl methyl sites for hydroxylation is 1. The number of fused-ring (bicyclic) bond motifs is 3. The monoisotopic (exact) mass is 507 g/mol. The van der Waals surface area contributed by atoms with Gasteiger partial charge in [-0.05, 0) is 54.4 Å². The van der Waals surface area contributed by atoms with Gasteiger partial charge in [-0.15, -0.1) is 0 Å². The molecule has 1 atom stereocenters. The van der Waals surface area contributed by atoms with Crippen LogP contribution in [-0.4, -0.2) is 49.5 Å². The zero-order valence-corrected chi connectivity index (χ0v) is 21.1. The fraction of sp³-hybridized carbons (Fsp3) is 0.367. The summed E-state index contributed by atoms with van der Waals surface area (Å²) in [5.41, 5.74) is 2.15. The number of hydrogen-bond acceptors (Lipinski definition) is 3. The van der Waals surface area contributed by atoms with Crippen LogP contribution in [0.1, 0.15) is 24.0 Å². The van der Waals surface area contributed by atoms with E-state index < -0.39 is 17.7 Å². The molecule has 0 saturated carbocycles. The van der Waals surface area contributed by atoms with Gasteiger partial charge in [0.1, 0.15) is 25.4 Å². The lowest BCUT2D eigenvalue weighted by Gasteiger charge is -2.52. The van der Waals surface area contributed by atoms with E-state index in [0.29, 0.717) is 23.8 Å². The van der Waals surface area contributed by atoms with Crippen molar-refractivity contribution in [2.45, 2.75) is 32.4 Å². The first-order valence-corrected chi connectivity index (χ1v) is 12.9. The van der Waals surface area contributed by atoms with E-state index in [9.17, 15) is 13.6 Å². The number of carbonyl (C=O) groups is 1. The van der Waals surface area contributed by atoms with Gasteiger partial charge in [-0.25, -0.2) is 13.6 Å². The van der Waals surface area contributed by atoms with Crippen molar-refractivity contribution in [2.75, 3.05) is 37.7 Å². The van der Waals surface area contributed by atoms with Crippen molar-refractivity contribution >= 4 is 11.8 Å². The number of ether oxygens (including phenoxy) is 2. The second kappa shape index (κ2) is 10.9. The third-order valence-electron chi connectivity index (χ3n) is 7.73. The van der Waals surface area contributed by atoms with Gasteiger partial charge < -0.3 is 14.0 Å². The minimum absolute atomic E-state index is 0.0851. The van der Waals surface area contributed by atoms with Crippen LogP contribution in [0.2, 0.25) is 0 Å². The number of rotatable bonds is 8. The highest BCUT2D eigenvalue weighted by molar-refractivity contribution is 5.87. The van der Waals surface area contributed by atoms with Gasteiger partial charge in [0.05, 0.1) is 19.6 Å². The number of hydrogen-bond donors (Lipinski definition) is 0. The average molecular weight is 508 g/mol. The lowest BCUT2D eigenvalue weighted by atomic mass is 9.83. The summed E-state index contributed by atoms with van der Waals surface area (Å²) in [4.78, 5) is 15.1. The molecule has 0 N–H and O–H groups in total. The molecule has 37 heavy (non-hydrogen) atoms. The van der Waals surface area contributed by atoms with Crippen molar-refractivity contribution in [2.24, 2.45) is 5.92 Å². The summed E-state index contributed by atoms with van der Waals surface area (Å²) in [6, 6.07) is 21.1. The van der Waals surface area contributed by atoms with Crippen LogP contribution in [0.25, 0.3) is 0 Å². The molecule has 2 bridgehead atoms. The summed E-state index contributed by atoms with van der Waals surface area (Å²) in [6.07, 6.45) is 1.37. The van der Waals surface area contributed by atoms with Crippen LogP contribution in [0.4, 0.5) is 19.3 Å². The van der Waals surface area contributed by atoms with Gasteiger partial charge >= 0.3 is 6.09 Å². The number of carbonyl (C=O) groups excluding carboxylic acids is 1. The normalized spacial score (nSPS) is 22.5. The van der Waals surface area contributed by atoms with Crippen molar-refractivity contribution in [3.05, 3.63) is 95.6 Å². The zero-order valence-electron chi connectivity index (χ0n) is 21.1. The molecule has 3 saturated heterocycles. The van der Waals surface area contributed by atoms with Crippen LogP contribution in [0.3, 0.4) is 0 Å². The highest BCUT2D eigenvalue weighted by atomic mass is 19.2. The molecule has 3 heterocycles. The first-order valence-electron chi connectivity index (χ1n) is 12.9. The van der Waals surface area contributed by atoms with E-state index in [4.69, 9.17) is 9.47 Å². The molecule has 5 nitrogen and oxygen atoms in total. The number of quaternary nitrogens is 1. The Morgan fingerprint density at radius 2 is 1.76 bits per heavy atom. The molecule has 7 heteroatoms. The standard InChI is InChI=1S/C30H33F2N2O3/c1-22-6-5-7-25(18-22)33(20-23-10-11-27(31)28(32)19-23)30(35)37-29-21-34(14-12-24(29)13-15-34)16-17-36-26-8-3-2-4-9-26/h2-11,18-19,24,29H,12-17,20-21H2,1H3/q+1. The van der Waals surface area contributed by atoms with Crippen molar-refractivity contribution < 1.29 is 27.5 Å². The number of amides is 1. The Morgan fingerprint density at radius 3 is 2.49 bits per heavy atom. The Kier molecular flexibility index (Phi) is 7.42. The van der Waals surface area contributed by atoms with Crippen LogP contribution in [-0.2, 0) is 11.3 Å². The molecule has 3 aliphatic rings. The van der Waals surface area contributed by atoms with Crippen LogP contribution >= 0.6 is 0 Å². The summed E-state index contributed by atoms with van der Waals surface area (Å²) < 4.78 is 40.4.